The molecule has 2 amide bonds. The number of benzene rings is 3. The van der Waals surface area contributed by atoms with Crippen LogP contribution in [0.15, 0.2) is 96.7 Å². The second-order valence-electron chi connectivity index (χ2n) is 12.1. The summed E-state index contributed by atoms with van der Waals surface area (Å²) in [5, 5.41) is 3.14. The van der Waals surface area contributed by atoms with Crippen LogP contribution in [0.2, 0.25) is 10.0 Å². The van der Waals surface area contributed by atoms with Crippen LogP contribution >= 0.6 is 23.2 Å². The molecular weight excluding hydrogens is 687 g/mol. The second kappa shape index (κ2) is 12.6. The lowest BCUT2D eigenvalue weighted by Crippen LogP contribution is -2.46. The van der Waals surface area contributed by atoms with E-state index < -0.39 is 33.4 Å². The zero-order valence-corrected chi connectivity index (χ0v) is 28.5. The second-order valence-corrected chi connectivity index (χ2v) is 14.8. The fourth-order valence-electron chi connectivity index (χ4n) is 6.51. The third kappa shape index (κ3) is 5.82. The van der Waals surface area contributed by atoms with Gasteiger partial charge in [-0.3, -0.25) is 14.2 Å². The van der Waals surface area contributed by atoms with E-state index in [1.165, 1.54) is 32.4 Å². The Balaban J connectivity index is 1.29. The molecule has 1 fully saturated rings. The molecule has 2 atom stereocenters. The lowest BCUT2D eigenvalue weighted by Gasteiger charge is -2.29. The van der Waals surface area contributed by atoms with Crippen molar-refractivity contribution < 1.29 is 18.0 Å². The number of para-hydroxylation sites is 2. The number of nitrogen functional groups attached to an aromatic ring is 1. The number of nitrogens with one attached hydrogen (secondary N) is 1. The lowest BCUT2D eigenvalue weighted by molar-refractivity contribution is -0.124. The van der Waals surface area contributed by atoms with Gasteiger partial charge in [0.15, 0.2) is 5.03 Å². The van der Waals surface area contributed by atoms with E-state index in [4.69, 9.17) is 28.9 Å². The number of halogens is 2. The van der Waals surface area contributed by atoms with E-state index in [0.717, 1.165) is 16.7 Å². The number of hydrogen-bond donors (Lipinski definition) is 2. The van der Waals surface area contributed by atoms with Gasteiger partial charge in [0.25, 0.3) is 15.9 Å². The summed E-state index contributed by atoms with van der Waals surface area (Å²) in [6, 6.07) is 18.0. The highest BCUT2D eigenvalue weighted by Crippen LogP contribution is 2.45. The SMILES string of the molecule is CC1(Cc2ccc(-c3cncnc3)cc2)C(=O)N(c2cc(Cl)cc(Cl)c2)c2ncc(S(=O)(=O)N3CCCC3C(=O)Nc3ccccc3N)n21. The molecule has 2 aliphatic heterocycles. The monoisotopic (exact) mass is 716 g/mol. The molecule has 4 heterocycles. The first kappa shape index (κ1) is 32.7. The summed E-state index contributed by atoms with van der Waals surface area (Å²) in [6.45, 7) is 1.78. The Kier molecular flexibility index (Phi) is 8.39. The Labute approximate surface area is 292 Å². The summed E-state index contributed by atoms with van der Waals surface area (Å²) in [4.78, 5) is 42.0. The van der Waals surface area contributed by atoms with Crippen LogP contribution < -0.4 is 16.0 Å². The molecule has 0 aliphatic carbocycles. The average Bonchev–Trinajstić information content (AvgIpc) is 3.80. The van der Waals surface area contributed by atoms with Crippen LogP contribution in [0.4, 0.5) is 23.0 Å². The molecule has 49 heavy (non-hydrogen) atoms. The van der Waals surface area contributed by atoms with Gasteiger partial charge in [-0.25, -0.2) is 28.3 Å². The zero-order valence-electron chi connectivity index (χ0n) is 26.1. The fraction of sp³-hybridized carbons (Fsp3) is 0.206. The third-order valence-corrected chi connectivity index (χ3v) is 11.2. The lowest BCUT2D eigenvalue weighted by atomic mass is 9.91. The molecule has 0 bridgehead atoms. The molecule has 15 heteroatoms. The minimum absolute atomic E-state index is 0.0831. The molecule has 3 aromatic carbocycles. The minimum atomic E-state index is -4.37. The number of imidazole rings is 1. The Morgan fingerprint density at radius 1 is 1.00 bits per heavy atom. The highest BCUT2D eigenvalue weighted by molar-refractivity contribution is 7.89. The van der Waals surface area contributed by atoms with E-state index in [1.54, 1.807) is 55.7 Å². The van der Waals surface area contributed by atoms with Crippen LogP contribution in [-0.2, 0) is 31.6 Å². The number of fused-ring (bicyclic) bond motifs is 1. The Bertz CT molecular complexity index is 2180. The maximum Gasteiger partial charge on any atom is 0.261 e. The molecule has 0 radical (unpaired) electrons. The number of nitrogens with zero attached hydrogens (tertiary/aromatic N) is 6. The number of amides is 2. The first-order chi connectivity index (χ1) is 23.5. The first-order valence-corrected chi connectivity index (χ1v) is 17.6. The van der Waals surface area contributed by atoms with Gasteiger partial charge in [0.05, 0.1) is 23.3 Å². The number of aromatic nitrogens is 4. The molecule has 250 valence electrons. The number of sulfonamides is 1. The van der Waals surface area contributed by atoms with E-state index >= 15 is 0 Å². The molecule has 2 aliphatic rings. The van der Waals surface area contributed by atoms with E-state index in [1.807, 2.05) is 24.3 Å². The molecule has 3 N–H and O–H groups in total. The maximum absolute atomic E-state index is 14.6. The van der Waals surface area contributed by atoms with Crippen LogP contribution in [0.3, 0.4) is 0 Å². The van der Waals surface area contributed by atoms with Crippen molar-refractivity contribution in [1.29, 1.82) is 0 Å². The maximum atomic E-state index is 14.6. The van der Waals surface area contributed by atoms with Crippen molar-refractivity contribution in [3.63, 3.8) is 0 Å². The normalized spacial score (nSPS) is 19.3. The van der Waals surface area contributed by atoms with Gasteiger partial charge in [-0.1, -0.05) is 59.6 Å². The Morgan fingerprint density at radius 3 is 2.39 bits per heavy atom. The van der Waals surface area contributed by atoms with Crippen LogP contribution in [0.25, 0.3) is 11.1 Å². The van der Waals surface area contributed by atoms with Gasteiger partial charge >= 0.3 is 0 Å². The van der Waals surface area contributed by atoms with Crippen LogP contribution in [0, 0.1) is 0 Å². The molecule has 12 nitrogen and oxygen atoms in total. The van der Waals surface area contributed by atoms with E-state index in [0.29, 0.717) is 39.9 Å². The zero-order chi connectivity index (χ0) is 34.5. The highest BCUT2D eigenvalue weighted by Gasteiger charge is 2.53. The molecule has 7 rings (SSSR count). The topological polar surface area (TPSA) is 156 Å². The first-order valence-electron chi connectivity index (χ1n) is 15.4. The van der Waals surface area contributed by atoms with Crippen LogP contribution in [0.5, 0.6) is 0 Å². The van der Waals surface area contributed by atoms with Crippen molar-refractivity contribution in [3.8, 4) is 11.1 Å². The molecule has 0 spiro atoms. The number of carbonyl (C=O) groups is 2. The van der Waals surface area contributed by atoms with Crippen LogP contribution in [-0.4, -0.2) is 56.6 Å². The molecule has 2 unspecified atom stereocenters. The number of rotatable bonds is 8. The van der Waals surface area contributed by atoms with Crippen molar-refractivity contribution in [2.45, 2.75) is 42.8 Å². The third-order valence-electron chi connectivity index (χ3n) is 8.87. The van der Waals surface area contributed by atoms with E-state index in [2.05, 4.69) is 20.3 Å². The van der Waals surface area contributed by atoms with E-state index in [9.17, 15) is 18.0 Å². The van der Waals surface area contributed by atoms with Crippen LogP contribution in [0.1, 0.15) is 25.3 Å². The van der Waals surface area contributed by atoms with Gasteiger partial charge in [0.2, 0.25) is 11.9 Å². The summed E-state index contributed by atoms with van der Waals surface area (Å²) in [5.41, 5.74) is 8.13. The van der Waals surface area contributed by atoms with Crippen molar-refractivity contribution in [3.05, 3.63) is 107 Å². The smallest absolute Gasteiger partial charge is 0.261 e. The summed E-state index contributed by atoms with van der Waals surface area (Å²) >= 11 is 12.7. The molecule has 5 aromatic rings. The summed E-state index contributed by atoms with van der Waals surface area (Å²) in [6.07, 6.45) is 6.97. The standard InChI is InChI=1S/C34H30Cl2N8O4S/c1-34(16-21-8-10-22(11-9-21)23-17-38-20-39-18-23)32(46)43(26-14-24(35)13-25(36)15-26)33-40-19-30(44(33)34)49(47,48)42-12-4-7-29(42)31(45)41-28-6-3-2-5-27(28)37/h2-3,5-6,8-11,13-15,17-20,29H,4,7,12,16,37H2,1H3,(H,41,45). The molecule has 2 aromatic heterocycles. The minimum Gasteiger partial charge on any atom is -0.397 e. The van der Waals surface area contributed by atoms with E-state index in [-0.39, 0.29) is 23.9 Å². The number of anilines is 4. The predicted molar refractivity (Wildman–Crippen MR) is 187 cm³/mol. The molecular formula is C34H30Cl2N8O4S. The number of carbonyl (C=O) groups excluding carboxylic acids is 2. The van der Waals surface area contributed by atoms with Gasteiger partial charge in [-0.2, -0.15) is 4.31 Å². The largest absolute Gasteiger partial charge is 0.397 e. The van der Waals surface area contributed by atoms with Gasteiger partial charge in [-0.05, 0) is 61.2 Å². The van der Waals surface area contributed by atoms with Crippen molar-refractivity contribution in [1.82, 2.24) is 23.8 Å². The average molecular weight is 718 g/mol. The van der Waals surface area contributed by atoms with Crippen molar-refractivity contribution >= 4 is 68.1 Å². The van der Waals surface area contributed by atoms with Gasteiger partial charge < -0.3 is 11.1 Å². The Hall–Kier alpha value is -4.82. The highest BCUT2D eigenvalue weighted by atomic mass is 35.5. The Morgan fingerprint density at radius 2 is 1.69 bits per heavy atom. The fourth-order valence-corrected chi connectivity index (χ4v) is 8.87. The van der Waals surface area contributed by atoms with Gasteiger partial charge in [0.1, 0.15) is 17.9 Å². The molecule has 1 saturated heterocycles. The number of nitrogens with two attached hydrogens (primary N) is 1. The quantitative estimate of drug-likeness (QED) is 0.195. The molecule has 0 saturated carbocycles. The summed E-state index contributed by atoms with van der Waals surface area (Å²) < 4.78 is 31.7. The van der Waals surface area contributed by atoms with Crippen molar-refractivity contribution in [2.75, 3.05) is 22.5 Å². The summed E-state index contributed by atoms with van der Waals surface area (Å²) in [5.74, 6) is -0.848. The van der Waals surface area contributed by atoms with Gasteiger partial charge in [0, 0.05) is 41.0 Å². The number of hydrogen-bond acceptors (Lipinski definition) is 8. The van der Waals surface area contributed by atoms with Crippen molar-refractivity contribution in [2.24, 2.45) is 0 Å². The van der Waals surface area contributed by atoms with Gasteiger partial charge in [-0.15, -0.1) is 0 Å². The predicted octanol–water partition coefficient (Wildman–Crippen LogP) is 5.66. The summed E-state index contributed by atoms with van der Waals surface area (Å²) in [7, 11) is -4.37.